The van der Waals surface area contributed by atoms with E-state index in [4.69, 9.17) is 0 Å². The normalized spacial score (nSPS) is 20.5. The van der Waals surface area contributed by atoms with E-state index in [1.807, 2.05) is 42.5 Å². The highest BCUT2D eigenvalue weighted by Crippen LogP contribution is 2.45. The lowest BCUT2D eigenvalue weighted by Gasteiger charge is -2.36. The number of thioether (sulfide) groups is 1. The number of anilines is 2. The number of hydrogen-bond donors (Lipinski definition) is 1. The van der Waals surface area contributed by atoms with Gasteiger partial charge >= 0.3 is 0 Å². The van der Waals surface area contributed by atoms with E-state index in [0.29, 0.717) is 5.69 Å². The van der Waals surface area contributed by atoms with Crippen molar-refractivity contribution in [1.29, 1.82) is 0 Å². The van der Waals surface area contributed by atoms with Crippen LogP contribution < -0.4 is 10.2 Å². The number of nitrogens with zero attached hydrogens (tertiary/aromatic N) is 1. The minimum atomic E-state index is -1.18. The number of carbonyl (C=O) groups excluding carboxylic acids is 2. The lowest BCUT2D eigenvalue weighted by Crippen LogP contribution is -2.53. The Labute approximate surface area is 133 Å². The first-order valence-corrected chi connectivity index (χ1v) is 7.77. The van der Waals surface area contributed by atoms with Crippen LogP contribution in [-0.2, 0) is 9.59 Å². The summed E-state index contributed by atoms with van der Waals surface area (Å²) in [6.07, 6.45) is 0. The summed E-state index contributed by atoms with van der Waals surface area (Å²) in [6, 6.07) is 16.8. The van der Waals surface area contributed by atoms with Crippen LogP contribution in [-0.4, -0.2) is 23.6 Å². The topological polar surface area (TPSA) is 49.4 Å². The van der Waals surface area contributed by atoms with E-state index < -0.39 is 4.75 Å². The molecule has 0 unspecified atom stereocenters. The Morgan fingerprint density at radius 2 is 1.73 bits per heavy atom. The lowest BCUT2D eigenvalue weighted by molar-refractivity contribution is -0.128. The summed E-state index contributed by atoms with van der Waals surface area (Å²) >= 11 is 1.30. The number of fused-ring (bicyclic) bond motifs is 1. The highest BCUT2D eigenvalue weighted by atomic mass is 32.2. The molecule has 0 aliphatic carbocycles. The van der Waals surface area contributed by atoms with Crippen molar-refractivity contribution in [1.82, 2.24) is 0 Å². The second kappa shape index (κ2) is 5.50. The first-order valence-electron chi connectivity index (χ1n) is 6.95. The molecule has 0 saturated heterocycles. The molecule has 0 fully saturated rings. The van der Waals surface area contributed by atoms with Crippen LogP contribution >= 0.6 is 11.8 Å². The first kappa shape index (κ1) is 14.7. The van der Waals surface area contributed by atoms with Gasteiger partial charge in [-0.05, 0) is 31.2 Å². The maximum Gasteiger partial charge on any atom is 0.252 e. The lowest BCUT2D eigenvalue weighted by atomic mass is 10.1. The molecule has 0 saturated carbocycles. The zero-order valence-corrected chi connectivity index (χ0v) is 13.2. The van der Waals surface area contributed by atoms with Gasteiger partial charge < -0.3 is 10.2 Å². The van der Waals surface area contributed by atoms with Crippen molar-refractivity contribution in [3.8, 4) is 0 Å². The van der Waals surface area contributed by atoms with Crippen LogP contribution in [0.4, 0.5) is 11.4 Å². The van der Waals surface area contributed by atoms with Crippen LogP contribution in [0.2, 0.25) is 0 Å². The molecule has 0 bridgehead atoms. The van der Waals surface area contributed by atoms with Crippen LogP contribution in [0.25, 0.3) is 0 Å². The van der Waals surface area contributed by atoms with Crippen LogP contribution in [0.1, 0.15) is 6.92 Å². The molecule has 2 amide bonds. The highest BCUT2D eigenvalue weighted by Gasteiger charge is 2.48. The Balaban J connectivity index is 1.92. The van der Waals surface area contributed by atoms with E-state index in [9.17, 15) is 9.59 Å². The van der Waals surface area contributed by atoms with E-state index in [0.717, 1.165) is 10.6 Å². The summed E-state index contributed by atoms with van der Waals surface area (Å²) in [5.41, 5.74) is 1.52. The third kappa shape index (κ3) is 2.37. The molecule has 0 aromatic heterocycles. The third-order valence-corrected chi connectivity index (χ3v) is 5.05. The van der Waals surface area contributed by atoms with Gasteiger partial charge in [0.05, 0.1) is 5.69 Å². The highest BCUT2D eigenvalue weighted by molar-refractivity contribution is 8.02. The number of para-hydroxylation sites is 2. The zero-order chi connectivity index (χ0) is 15.7. The molecule has 0 spiro atoms. The number of amides is 2. The number of benzene rings is 2. The van der Waals surface area contributed by atoms with Gasteiger partial charge in [-0.2, -0.15) is 0 Å². The van der Waals surface area contributed by atoms with Crippen molar-refractivity contribution < 1.29 is 9.59 Å². The predicted octanol–water partition coefficient (Wildman–Crippen LogP) is 3.15. The molecule has 2 aromatic rings. The standard InChI is InChI=1S/C17H16N2O2S/c1-17(15(20)18-12-8-4-3-5-9-12)16(21)19(2)13-10-6-7-11-14(13)22-17/h3-11H,1-2H3,(H,18,20)/t17-/m1/s1. The molecule has 5 heteroatoms. The number of hydrogen-bond acceptors (Lipinski definition) is 3. The number of carbonyl (C=O) groups is 2. The molecule has 0 radical (unpaired) electrons. The summed E-state index contributed by atoms with van der Waals surface area (Å²) in [6.45, 7) is 1.67. The molecule has 1 aliphatic rings. The van der Waals surface area contributed by atoms with Gasteiger partial charge in [0, 0.05) is 17.6 Å². The molecule has 1 atom stereocenters. The van der Waals surface area contributed by atoms with Crippen LogP contribution in [0.3, 0.4) is 0 Å². The molecule has 1 N–H and O–H groups in total. The molecular formula is C17H16N2O2S. The van der Waals surface area contributed by atoms with E-state index in [-0.39, 0.29) is 11.8 Å². The van der Waals surface area contributed by atoms with Crippen molar-refractivity contribution in [3.63, 3.8) is 0 Å². The van der Waals surface area contributed by atoms with Gasteiger partial charge in [-0.25, -0.2) is 0 Å². The third-order valence-electron chi connectivity index (χ3n) is 3.72. The molecule has 4 nitrogen and oxygen atoms in total. The summed E-state index contributed by atoms with van der Waals surface area (Å²) in [5, 5.41) is 2.83. The van der Waals surface area contributed by atoms with Gasteiger partial charge in [0.15, 0.2) is 4.75 Å². The molecule has 1 heterocycles. The van der Waals surface area contributed by atoms with E-state index in [1.165, 1.54) is 11.8 Å². The van der Waals surface area contributed by atoms with Gasteiger partial charge in [-0.1, -0.05) is 42.1 Å². The fraction of sp³-hybridized carbons (Fsp3) is 0.176. The zero-order valence-electron chi connectivity index (χ0n) is 12.4. The smallest absolute Gasteiger partial charge is 0.252 e. The number of nitrogens with one attached hydrogen (secondary N) is 1. The quantitative estimate of drug-likeness (QED) is 0.867. The average molecular weight is 312 g/mol. The second-order valence-corrected chi connectivity index (χ2v) is 6.75. The Morgan fingerprint density at radius 1 is 1.09 bits per heavy atom. The molecule has 112 valence electrons. The first-order chi connectivity index (χ1) is 10.5. The van der Waals surface area contributed by atoms with Crippen molar-refractivity contribution in [2.45, 2.75) is 16.6 Å². The van der Waals surface area contributed by atoms with Crippen molar-refractivity contribution in [3.05, 3.63) is 54.6 Å². The molecule has 2 aromatic carbocycles. The van der Waals surface area contributed by atoms with Gasteiger partial charge in [0.25, 0.3) is 5.91 Å². The Bertz CT molecular complexity index is 732. The summed E-state index contributed by atoms with van der Waals surface area (Å²) in [4.78, 5) is 27.8. The number of rotatable bonds is 2. The fourth-order valence-corrected chi connectivity index (χ4v) is 3.69. The Hall–Kier alpha value is -2.27. The minimum Gasteiger partial charge on any atom is -0.324 e. The maximum absolute atomic E-state index is 12.7. The Morgan fingerprint density at radius 3 is 2.45 bits per heavy atom. The van der Waals surface area contributed by atoms with Crippen LogP contribution in [0, 0.1) is 0 Å². The van der Waals surface area contributed by atoms with Crippen molar-refractivity contribution >= 4 is 35.0 Å². The van der Waals surface area contributed by atoms with Crippen LogP contribution in [0.5, 0.6) is 0 Å². The van der Waals surface area contributed by atoms with E-state index >= 15 is 0 Å². The molecule has 1 aliphatic heterocycles. The van der Waals surface area contributed by atoms with Crippen LogP contribution in [0.15, 0.2) is 59.5 Å². The van der Waals surface area contributed by atoms with Gasteiger partial charge in [0.2, 0.25) is 5.91 Å². The fourth-order valence-electron chi connectivity index (χ4n) is 2.43. The predicted molar refractivity (Wildman–Crippen MR) is 89.2 cm³/mol. The van der Waals surface area contributed by atoms with Crippen molar-refractivity contribution in [2.24, 2.45) is 0 Å². The average Bonchev–Trinajstić information content (AvgIpc) is 2.54. The summed E-state index contributed by atoms with van der Waals surface area (Å²) in [5.74, 6) is -0.528. The van der Waals surface area contributed by atoms with Gasteiger partial charge in [-0.3, -0.25) is 9.59 Å². The largest absolute Gasteiger partial charge is 0.324 e. The van der Waals surface area contributed by atoms with E-state index in [1.54, 1.807) is 31.0 Å². The monoisotopic (exact) mass is 312 g/mol. The Kier molecular flexibility index (Phi) is 3.66. The summed E-state index contributed by atoms with van der Waals surface area (Å²) in [7, 11) is 1.70. The van der Waals surface area contributed by atoms with E-state index in [2.05, 4.69) is 5.32 Å². The van der Waals surface area contributed by atoms with Gasteiger partial charge in [-0.15, -0.1) is 0 Å². The van der Waals surface area contributed by atoms with Gasteiger partial charge in [0.1, 0.15) is 0 Å². The second-order valence-electron chi connectivity index (χ2n) is 5.29. The SMILES string of the molecule is CN1C(=O)[C@@](C)(C(=O)Nc2ccccc2)Sc2ccccc21. The minimum absolute atomic E-state index is 0.218. The molecular weight excluding hydrogens is 296 g/mol. The maximum atomic E-state index is 12.7. The van der Waals surface area contributed by atoms with Crippen molar-refractivity contribution in [2.75, 3.05) is 17.3 Å². The molecule has 22 heavy (non-hydrogen) atoms. The summed E-state index contributed by atoms with van der Waals surface area (Å²) < 4.78 is -1.18. The molecule has 3 rings (SSSR count).